The normalized spacial score (nSPS) is 10.5. The van der Waals surface area contributed by atoms with Crippen molar-refractivity contribution in [3.8, 4) is 0 Å². The first-order valence-electron chi connectivity index (χ1n) is 5.10. The second kappa shape index (κ2) is 5.32. The molecule has 2 aromatic rings. The Morgan fingerprint density at radius 3 is 3.00 bits per heavy atom. The molecule has 0 saturated carbocycles. The van der Waals surface area contributed by atoms with Gasteiger partial charge in [0, 0.05) is 12.6 Å². The smallest absolute Gasteiger partial charge is 0.337 e. The van der Waals surface area contributed by atoms with Crippen LogP contribution < -0.4 is 5.73 Å². The zero-order valence-corrected chi connectivity index (χ0v) is 11.1. The highest BCUT2D eigenvalue weighted by atomic mass is 32.2. The van der Waals surface area contributed by atoms with Crippen molar-refractivity contribution in [1.82, 2.24) is 14.3 Å². The number of nitrogen functional groups attached to an aromatic ring is 1. The fraction of sp³-hybridized carbons (Fsp3) is 0.200. The zero-order valence-electron chi connectivity index (χ0n) is 9.45. The second-order valence-corrected chi connectivity index (χ2v) is 5.30. The summed E-state index contributed by atoms with van der Waals surface area (Å²) >= 11 is 2.48. The van der Waals surface area contributed by atoms with Crippen LogP contribution >= 0.6 is 23.3 Å². The summed E-state index contributed by atoms with van der Waals surface area (Å²) < 4.78 is 4.85. The van der Waals surface area contributed by atoms with Crippen LogP contribution in [0.25, 0.3) is 0 Å². The summed E-state index contributed by atoms with van der Waals surface area (Å²) in [7, 11) is 0. The molecule has 0 fully saturated rings. The molecule has 18 heavy (non-hydrogen) atoms. The molecule has 2 aromatic heterocycles. The van der Waals surface area contributed by atoms with Crippen LogP contribution in [0.1, 0.15) is 23.1 Å². The van der Waals surface area contributed by atoms with E-state index in [2.05, 4.69) is 14.3 Å². The van der Waals surface area contributed by atoms with E-state index < -0.39 is 5.97 Å². The van der Waals surface area contributed by atoms with Crippen molar-refractivity contribution >= 4 is 35.0 Å². The van der Waals surface area contributed by atoms with Gasteiger partial charge in [-0.05, 0) is 29.4 Å². The van der Waals surface area contributed by atoms with Crippen LogP contribution in [0.5, 0.6) is 0 Å². The van der Waals surface area contributed by atoms with E-state index in [1.807, 2.05) is 6.92 Å². The van der Waals surface area contributed by atoms with E-state index in [9.17, 15) is 4.79 Å². The third kappa shape index (κ3) is 2.59. The maximum Gasteiger partial charge on any atom is 0.337 e. The summed E-state index contributed by atoms with van der Waals surface area (Å²) in [5, 5.41) is 9.39. The standard InChI is InChI=1S/C10H10N4O2S2/c1-2-6-13-10(18-14-6)17-8-7(11)5(9(15)16)3-4-12-8/h3-4H,2,11H2,1H3,(H,15,16). The highest BCUT2D eigenvalue weighted by Gasteiger charge is 2.14. The van der Waals surface area contributed by atoms with Gasteiger partial charge in [0.05, 0.1) is 11.3 Å². The van der Waals surface area contributed by atoms with Gasteiger partial charge in [-0.25, -0.2) is 14.8 Å². The molecule has 8 heteroatoms. The number of hydrogen-bond acceptors (Lipinski definition) is 7. The molecule has 0 unspecified atom stereocenters. The maximum absolute atomic E-state index is 10.9. The Morgan fingerprint density at radius 1 is 1.61 bits per heavy atom. The second-order valence-electron chi connectivity index (χ2n) is 3.31. The fourth-order valence-electron chi connectivity index (χ4n) is 1.23. The van der Waals surface area contributed by atoms with Gasteiger partial charge < -0.3 is 10.8 Å². The first kappa shape index (κ1) is 12.8. The molecule has 0 radical (unpaired) electrons. The minimum absolute atomic E-state index is 0.0488. The van der Waals surface area contributed by atoms with E-state index in [0.717, 1.165) is 12.2 Å². The summed E-state index contributed by atoms with van der Waals surface area (Å²) in [6, 6.07) is 1.37. The number of anilines is 1. The Bertz CT molecular complexity index is 585. The van der Waals surface area contributed by atoms with Gasteiger partial charge >= 0.3 is 5.97 Å². The van der Waals surface area contributed by atoms with Crippen LogP contribution in [0, 0.1) is 0 Å². The van der Waals surface area contributed by atoms with Crippen LogP contribution in [0.3, 0.4) is 0 Å². The number of aromatic nitrogens is 3. The van der Waals surface area contributed by atoms with Crippen molar-refractivity contribution in [1.29, 1.82) is 0 Å². The quantitative estimate of drug-likeness (QED) is 0.883. The molecule has 0 amide bonds. The van der Waals surface area contributed by atoms with Gasteiger partial charge in [-0.1, -0.05) is 6.92 Å². The number of carbonyl (C=O) groups is 1. The van der Waals surface area contributed by atoms with E-state index >= 15 is 0 Å². The van der Waals surface area contributed by atoms with Crippen molar-refractivity contribution in [2.45, 2.75) is 22.7 Å². The van der Waals surface area contributed by atoms with Crippen LogP contribution in [0.2, 0.25) is 0 Å². The van der Waals surface area contributed by atoms with Crippen molar-refractivity contribution < 1.29 is 9.90 Å². The van der Waals surface area contributed by atoms with Gasteiger partial charge in [-0.15, -0.1) is 0 Å². The third-order valence-electron chi connectivity index (χ3n) is 2.13. The summed E-state index contributed by atoms with van der Waals surface area (Å²) in [6.45, 7) is 1.97. The fourth-order valence-corrected chi connectivity index (χ4v) is 2.87. The number of carboxylic acids is 1. The van der Waals surface area contributed by atoms with E-state index in [1.165, 1.54) is 35.6 Å². The Hall–Kier alpha value is -1.67. The molecule has 0 bridgehead atoms. The van der Waals surface area contributed by atoms with Gasteiger partial charge in [-0.2, -0.15) is 4.37 Å². The average Bonchev–Trinajstić information content (AvgIpc) is 2.79. The van der Waals surface area contributed by atoms with Crippen molar-refractivity contribution in [3.05, 3.63) is 23.7 Å². The molecule has 0 aliphatic carbocycles. The van der Waals surface area contributed by atoms with E-state index in [1.54, 1.807) is 0 Å². The molecular weight excluding hydrogens is 272 g/mol. The van der Waals surface area contributed by atoms with Crippen molar-refractivity contribution in [2.75, 3.05) is 5.73 Å². The van der Waals surface area contributed by atoms with Gasteiger partial charge in [-0.3, -0.25) is 0 Å². The highest BCUT2D eigenvalue weighted by Crippen LogP contribution is 2.32. The van der Waals surface area contributed by atoms with Crippen molar-refractivity contribution in [2.24, 2.45) is 0 Å². The Balaban J connectivity index is 2.29. The number of aromatic carboxylic acids is 1. The monoisotopic (exact) mass is 282 g/mol. The largest absolute Gasteiger partial charge is 0.478 e. The molecule has 0 saturated heterocycles. The van der Waals surface area contributed by atoms with Crippen molar-refractivity contribution in [3.63, 3.8) is 0 Å². The average molecular weight is 282 g/mol. The molecule has 2 heterocycles. The summed E-state index contributed by atoms with van der Waals surface area (Å²) in [5.74, 6) is -0.307. The molecular formula is C10H10N4O2S2. The predicted octanol–water partition coefficient (Wildman–Crippen LogP) is 1.93. The highest BCUT2D eigenvalue weighted by molar-refractivity contribution is 8.01. The van der Waals surface area contributed by atoms with E-state index in [-0.39, 0.29) is 11.3 Å². The van der Waals surface area contributed by atoms with Crippen LogP contribution in [0.4, 0.5) is 5.69 Å². The van der Waals surface area contributed by atoms with Gasteiger partial charge in [0.15, 0.2) is 4.34 Å². The van der Waals surface area contributed by atoms with E-state index in [0.29, 0.717) is 9.37 Å². The number of rotatable bonds is 4. The number of nitrogens with zero attached hydrogens (tertiary/aromatic N) is 3. The lowest BCUT2D eigenvalue weighted by Crippen LogP contribution is -2.04. The van der Waals surface area contributed by atoms with Gasteiger partial charge in [0.25, 0.3) is 0 Å². The Morgan fingerprint density at radius 2 is 2.39 bits per heavy atom. The molecule has 0 aliphatic rings. The predicted molar refractivity (Wildman–Crippen MR) is 69.0 cm³/mol. The summed E-state index contributed by atoms with van der Waals surface area (Å²) in [4.78, 5) is 19.3. The first-order chi connectivity index (χ1) is 8.61. The lowest BCUT2D eigenvalue weighted by molar-refractivity contribution is 0.0697. The minimum atomic E-state index is -1.07. The molecule has 0 spiro atoms. The molecule has 0 atom stereocenters. The van der Waals surface area contributed by atoms with Gasteiger partial charge in [0.1, 0.15) is 10.9 Å². The first-order valence-corrected chi connectivity index (χ1v) is 6.69. The topological polar surface area (TPSA) is 102 Å². The number of carboxylic acid groups (broad SMARTS) is 1. The zero-order chi connectivity index (χ0) is 13.1. The molecule has 3 N–H and O–H groups in total. The molecule has 2 rings (SSSR count). The molecule has 6 nitrogen and oxygen atoms in total. The number of aryl methyl sites for hydroxylation is 1. The molecule has 94 valence electrons. The van der Waals surface area contributed by atoms with Crippen LogP contribution in [0.15, 0.2) is 21.6 Å². The van der Waals surface area contributed by atoms with Crippen LogP contribution in [-0.2, 0) is 6.42 Å². The number of nitrogens with two attached hydrogens (primary N) is 1. The summed E-state index contributed by atoms with van der Waals surface area (Å²) in [6.07, 6.45) is 2.18. The minimum Gasteiger partial charge on any atom is -0.478 e. The summed E-state index contributed by atoms with van der Waals surface area (Å²) in [5.41, 5.74) is 5.97. The lowest BCUT2D eigenvalue weighted by atomic mass is 10.2. The SMILES string of the molecule is CCc1nsc(Sc2nccc(C(=O)O)c2N)n1. The third-order valence-corrected chi connectivity index (χ3v) is 3.94. The molecule has 0 aliphatic heterocycles. The van der Waals surface area contributed by atoms with Gasteiger partial charge in [0.2, 0.25) is 0 Å². The van der Waals surface area contributed by atoms with E-state index in [4.69, 9.17) is 10.8 Å². The number of pyridine rings is 1. The van der Waals surface area contributed by atoms with Crippen LogP contribution in [-0.4, -0.2) is 25.4 Å². The maximum atomic E-state index is 10.9. The number of hydrogen-bond donors (Lipinski definition) is 2. The lowest BCUT2D eigenvalue weighted by Gasteiger charge is -2.04. The Kier molecular flexibility index (Phi) is 3.78. The Labute approximate surface area is 111 Å². The molecule has 0 aromatic carbocycles.